The molecule has 0 spiro atoms. The molecule has 0 aliphatic carbocycles. The molecule has 0 amide bonds. The molecule has 0 radical (unpaired) electrons. The Morgan fingerprint density at radius 1 is 0.941 bits per heavy atom. The molecule has 8 heteroatoms. The maximum absolute atomic E-state index is 13.5. The number of aryl methyl sites for hydroxylation is 2. The first kappa shape index (κ1) is 21.9. The Bertz CT molecular complexity index is 1580. The highest BCUT2D eigenvalue weighted by molar-refractivity contribution is 7.90. The van der Waals surface area contributed by atoms with Crippen LogP contribution in [0.5, 0.6) is 0 Å². The fraction of sp³-hybridized carbons (Fsp3) is 0.154. The van der Waals surface area contributed by atoms with E-state index in [9.17, 15) is 8.42 Å². The third-order valence-electron chi connectivity index (χ3n) is 5.93. The van der Waals surface area contributed by atoms with Crippen LogP contribution in [0.25, 0.3) is 33.3 Å². The van der Waals surface area contributed by atoms with E-state index in [-0.39, 0.29) is 4.90 Å². The van der Waals surface area contributed by atoms with E-state index in [1.165, 1.54) is 3.97 Å². The molecule has 5 rings (SSSR count). The Balaban J connectivity index is 1.76. The lowest BCUT2D eigenvalue weighted by Gasteiger charge is -2.13. The zero-order chi connectivity index (χ0) is 24.0. The summed E-state index contributed by atoms with van der Waals surface area (Å²) in [7, 11) is 0.132. The van der Waals surface area contributed by atoms with Gasteiger partial charge in [-0.25, -0.2) is 17.4 Å². The lowest BCUT2D eigenvalue weighted by atomic mass is 10.0. The number of benzene rings is 2. The van der Waals surface area contributed by atoms with Gasteiger partial charge in [0.2, 0.25) is 0 Å². The van der Waals surface area contributed by atoms with Crippen molar-refractivity contribution in [2.45, 2.75) is 18.7 Å². The van der Waals surface area contributed by atoms with E-state index in [4.69, 9.17) is 4.52 Å². The Labute approximate surface area is 198 Å². The molecule has 0 aliphatic heterocycles. The van der Waals surface area contributed by atoms with Gasteiger partial charge in [-0.3, -0.25) is 0 Å². The fourth-order valence-electron chi connectivity index (χ4n) is 4.15. The number of hydrogen-bond acceptors (Lipinski definition) is 6. The molecule has 0 atom stereocenters. The summed E-state index contributed by atoms with van der Waals surface area (Å²) < 4.78 is 33.7. The predicted octanol–water partition coefficient (Wildman–Crippen LogP) is 5.28. The van der Waals surface area contributed by atoms with Crippen LogP contribution in [-0.4, -0.2) is 36.6 Å². The average Bonchev–Trinajstić information content (AvgIpc) is 3.38. The second-order valence-corrected chi connectivity index (χ2v) is 10.2. The lowest BCUT2D eigenvalue weighted by molar-refractivity contribution is 0.393. The quantitative estimate of drug-likeness (QED) is 0.346. The van der Waals surface area contributed by atoms with E-state index in [1.807, 2.05) is 63.2 Å². The molecule has 3 aromatic heterocycles. The molecule has 0 fully saturated rings. The summed E-state index contributed by atoms with van der Waals surface area (Å²) >= 11 is 0. The van der Waals surface area contributed by atoms with Crippen LogP contribution < -0.4 is 4.90 Å². The van der Waals surface area contributed by atoms with Gasteiger partial charge in [0, 0.05) is 54.3 Å². The predicted molar refractivity (Wildman–Crippen MR) is 133 cm³/mol. The standard InChI is InChI=1S/C26H24N4O3S/c1-17-25(18(2)33-28-17)24-16-30(34(31,32)22-8-6-5-7-9-22)26-23(24)14-20(15-27-26)19-10-12-21(13-11-19)29(3)4/h5-16H,1-4H3. The zero-order valence-corrected chi connectivity index (χ0v) is 20.2. The van der Waals surface area contributed by atoms with E-state index < -0.39 is 10.0 Å². The van der Waals surface area contributed by atoms with Gasteiger partial charge in [-0.15, -0.1) is 0 Å². The highest BCUT2D eigenvalue weighted by Gasteiger charge is 2.25. The Hall–Kier alpha value is -3.91. The van der Waals surface area contributed by atoms with Crippen molar-refractivity contribution in [3.05, 3.63) is 84.5 Å². The van der Waals surface area contributed by atoms with Gasteiger partial charge >= 0.3 is 0 Å². The van der Waals surface area contributed by atoms with Gasteiger partial charge in [-0.1, -0.05) is 35.5 Å². The number of rotatable bonds is 5. The number of fused-ring (bicyclic) bond motifs is 1. The lowest BCUT2D eigenvalue weighted by Crippen LogP contribution is -2.12. The van der Waals surface area contributed by atoms with Gasteiger partial charge < -0.3 is 9.42 Å². The van der Waals surface area contributed by atoms with Crippen LogP contribution in [0.4, 0.5) is 5.69 Å². The second-order valence-electron chi connectivity index (χ2n) is 8.39. The number of pyridine rings is 1. The zero-order valence-electron chi connectivity index (χ0n) is 19.4. The van der Waals surface area contributed by atoms with Crippen molar-refractivity contribution < 1.29 is 12.9 Å². The van der Waals surface area contributed by atoms with Crippen LogP contribution in [0.15, 0.2) is 82.5 Å². The maximum atomic E-state index is 13.5. The van der Waals surface area contributed by atoms with Crippen LogP contribution in [0.3, 0.4) is 0 Å². The number of nitrogens with zero attached hydrogens (tertiary/aromatic N) is 4. The molecule has 0 aliphatic rings. The summed E-state index contributed by atoms with van der Waals surface area (Å²) in [4.78, 5) is 6.85. The first-order chi connectivity index (χ1) is 16.3. The largest absolute Gasteiger partial charge is 0.378 e. The molecule has 5 aromatic rings. The van der Waals surface area contributed by atoms with Crippen LogP contribution in [-0.2, 0) is 10.0 Å². The van der Waals surface area contributed by atoms with E-state index in [2.05, 4.69) is 10.1 Å². The summed E-state index contributed by atoms with van der Waals surface area (Å²) in [6.07, 6.45) is 3.33. The highest BCUT2D eigenvalue weighted by atomic mass is 32.2. The normalized spacial score (nSPS) is 11.8. The van der Waals surface area contributed by atoms with Crippen molar-refractivity contribution >= 4 is 26.7 Å². The van der Waals surface area contributed by atoms with Crippen LogP contribution in [0, 0.1) is 13.8 Å². The number of aromatic nitrogens is 3. The number of anilines is 1. The molecular formula is C26H24N4O3S. The van der Waals surface area contributed by atoms with Gasteiger partial charge in [0.1, 0.15) is 5.76 Å². The average molecular weight is 473 g/mol. The molecular weight excluding hydrogens is 448 g/mol. The first-order valence-electron chi connectivity index (χ1n) is 10.8. The van der Waals surface area contributed by atoms with Crippen molar-refractivity contribution in [1.29, 1.82) is 0 Å². The van der Waals surface area contributed by atoms with Crippen molar-refractivity contribution in [3.8, 4) is 22.3 Å². The summed E-state index contributed by atoms with van der Waals surface area (Å²) in [5, 5.41) is 4.79. The Kier molecular flexibility index (Phi) is 5.25. The summed E-state index contributed by atoms with van der Waals surface area (Å²) in [5.41, 5.74) is 5.50. The minimum atomic E-state index is -3.86. The monoisotopic (exact) mass is 472 g/mol. The van der Waals surface area contributed by atoms with Gasteiger partial charge in [-0.2, -0.15) is 0 Å². The van der Waals surface area contributed by atoms with Gasteiger partial charge in [0.25, 0.3) is 10.0 Å². The van der Waals surface area contributed by atoms with E-state index in [0.29, 0.717) is 28.1 Å². The summed E-state index contributed by atoms with van der Waals surface area (Å²) in [5.74, 6) is 0.620. The smallest absolute Gasteiger partial charge is 0.269 e. The third-order valence-corrected chi connectivity index (χ3v) is 7.60. The molecule has 3 heterocycles. The molecule has 0 saturated heterocycles. The van der Waals surface area contributed by atoms with E-state index in [0.717, 1.165) is 22.4 Å². The SMILES string of the molecule is Cc1noc(C)c1-c1cn(S(=O)(=O)c2ccccc2)c2ncc(-c3ccc(N(C)C)cc3)cc12. The Morgan fingerprint density at radius 3 is 2.26 bits per heavy atom. The van der Waals surface area contributed by atoms with Crippen molar-refractivity contribution in [1.82, 2.24) is 14.1 Å². The minimum Gasteiger partial charge on any atom is -0.378 e. The highest BCUT2D eigenvalue weighted by Crippen LogP contribution is 2.37. The molecule has 7 nitrogen and oxygen atoms in total. The third kappa shape index (κ3) is 3.56. The fourth-order valence-corrected chi connectivity index (χ4v) is 5.49. The molecule has 0 N–H and O–H groups in total. The molecule has 0 saturated carbocycles. The van der Waals surface area contributed by atoms with Crippen LogP contribution in [0.2, 0.25) is 0 Å². The van der Waals surface area contributed by atoms with Crippen molar-refractivity contribution in [2.75, 3.05) is 19.0 Å². The van der Waals surface area contributed by atoms with Crippen molar-refractivity contribution in [2.24, 2.45) is 0 Å². The van der Waals surface area contributed by atoms with E-state index in [1.54, 1.807) is 42.7 Å². The Morgan fingerprint density at radius 2 is 1.65 bits per heavy atom. The summed E-state index contributed by atoms with van der Waals surface area (Å²) in [6.45, 7) is 3.67. The summed E-state index contributed by atoms with van der Waals surface area (Å²) in [6, 6.07) is 18.5. The first-order valence-corrected chi connectivity index (χ1v) is 12.2. The number of hydrogen-bond donors (Lipinski definition) is 0. The topological polar surface area (TPSA) is 81.2 Å². The molecule has 2 aromatic carbocycles. The van der Waals surface area contributed by atoms with Crippen molar-refractivity contribution in [3.63, 3.8) is 0 Å². The molecule has 172 valence electrons. The minimum absolute atomic E-state index is 0.197. The van der Waals surface area contributed by atoms with Gasteiger partial charge in [-0.05, 0) is 49.7 Å². The van der Waals surface area contributed by atoms with Gasteiger partial charge in [0.05, 0.1) is 10.6 Å². The maximum Gasteiger partial charge on any atom is 0.269 e. The molecule has 0 unspecified atom stereocenters. The second kappa shape index (κ2) is 8.14. The van der Waals surface area contributed by atoms with Gasteiger partial charge in [0.15, 0.2) is 5.65 Å². The van der Waals surface area contributed by atoms with Crippen LogP contribution in [0.1, 0.15) is 11.5 Å². The molecule has 34 heavy (non-hydrogen) atoms. The molecule has 0 bridgehead atoms. The van der Waals surface area contributed by atoms with Crippen LogP contribution >= 0.6 is 0 Å². The van der Waals surface area contributed by atoms with E-state index >= 15 is 0 Å².